The van der Waals surface area contributed by atoms with Crippen LogP contribution in [-0.2, 0) is 0 Å². The Morgan fingerprint density at radius 1 is 1.28 bits per heavy atom. The molecule has 0 aromatic rings. The van der Waals surface area contributed by atoms with Crippen molar-refractivity contribution >= 4 is 0 Å². The lowest BCUT2D eigenvalue weighted by molar-refractivity contribution is 0.136. The summed E-state index contributed by atoms with van der Waals surface area (Å²) in [6.07, 6.45) is 4.14. The maximum atomic E-state index is 3.64. The van der Waals surface area contributed by atoms with Gasteiger partial charge >= 0.3 is 0 Å². The van der Waals surface area contributed by atoms with E-state index in [0.717, 1.165) is 31.0 Å². The summed E-state index contributed by atoms with van der Waals surface area (Å²) in [6.45, 7) is 15.2. The highest BCUT2D eigenvalue weighted by atomic mass is 15.1. The minimum atomic E-state index is 0.410. The van der Waals surface area contributed by atoms with Crippen molar-refractivity contribution < 1.29 is 0 Å². The summed E-state index contributed by atoms with van der Waals surface area (Å²) >= 11 is 0. The second-order valence-electron chi connectivity index (χ2n) is 7.18. The van der Waals surface area contributed by atoms with Gasteiger partial charge in [-0.2, -0.15) is 0 Å². The lowest BCUT2D eigenvalue weighted by Gasteiger charge is -2.36. The molecule has 1 fully saturated rings. The first kappa shape index (κ1) is 16.0. The van der Waals surface area contributed by atoms with Gasteiger partial charge in [-0.05, 0) is 57.0 Å². The normalized spacial score (nSPS) is 21.3. The number of rotatable bonds is 9. The van der Waals surface area contributed by atoms with E-state index in [1.807, 2.05) is 0 Å². The zero-order valence-electron chi connectivity index (χ0n) is 13.4. The molecule has 0 aromatic carbocycles. The SMILES string of the molecule is CCC(C)(CNCC(C)C)CN(C)C(C)C1CC1. The van der Waals surface area contributed by atoms with Gasteiger partial charge in [-0.15, -0.1) is 0 Å². The van der Waals surface area contributed by atoms with Crippen LogP contribution in [0.15, 0.2) is 0 Å². The molecule has 1 rings (SSSR count). The van der Waals surface area contributed by atoms with Crippen molar-refractivity contribution in [3.05, 3.63) is 0 Å². The fourth-order valence-corrected chi connectivity index (χ4v) is 2.64. The lowest BCUT2D eigenvalue weighted by atomic mass is 9.86. The Hall–Kier alpha value is -0.0800. The van der Waals surface area contributed by atoms with Crippen LogP contribution < -0.4 is 5.32 Å². The van der Waals surface area contributed by atoms with E-state index in [0.29, 0.717) is 5.41 Å². The van der Waals surface area contributed by atoms with Gasteiger partial charge in [0.1, 0.15) is 0 Å². The van der Waals surface area contributed by atoms with Gasteiger partial charge in [0.05, 0.1) is 0 Å². The Kier molecular flexibility index (Phi) is 6.13. The zero-order chi connectivity index (χ0) is 13.8. The van der Waals surface area contributed by atoms with E-state index in [1.165, 1.54) is 25.8 Å². The molecule has 1 aliphatic rings. The van der Waals surface area contributed by atoms with Crippen LogP contribution in [0.25, 0.3) is 0 Å². The Balaban J connectivity index is 2.37. The van der Waals surface area contributed by atoms with E-state index in [2.05, 4.69) is 51.9 Å². The molecule has 2 nitrogen and oxygen atoms in total. The minimum Gasteiger partial charge on any atom is -0.316 e. The average molecular weight is 254 g/mol. The molecule has 0 aliphatic heterocycles. The molecule has 1 saturated carbocycles. The van der Waals surface area contributed by atoms with E-state index in [-0.39, 0.29) is 0 Å². The molecule has 2 unspecified atom stereocenters. The van der Waals surface area contributed by atoms with E-state index in [4.69, 9.17) is 0 Å². The number of nitrogens with zero attached hydrogens (tertiary/aromatic N) is 1. The maximum absolute atomic E-state index is 3.64. The predicted octanol–water partition coefficient (Wildman–Crippen LogP) is 3.38. The second kappa shape index (κ2) is 6.91. The van der Waals surface area contributed by atoms with Crippen LogP contribution in [-0.4, -0.2) is 37.6 Å². The van der Waals surface area contributed by atoms with Gasteiger partial charge in [-0.25, -0.2) is 0 Å². The van der Waals surface area contributed by atoms with Crippen molar-refractivity contribution in [3.8, 4) is 0 Å². The molecule has 2 atom stereocenters. The van der Waals surface area contributed by atoms with Crippen molar-refractivity contribution in [3.63, 3.8) is 0 Å². The molecule has 0 saturated heterocycles. The van der Waals surface area contributed by atoms with Crippen LogP contribution >= 0.6 is 0 Å². The first-order valence-electron chi connectivity index (χ1n) is 7.79. The fourth-order valence-electron chi connectivity index (χ4n) is 2.64. The molecule has 0 heterocycles. The number of hydrogen-bond acceptors (Lipinski definition) is 2. The van der Waals surface area contributed by atoms with Gasteiger partial charge in [-0.1, -0.05) is 27.7 Å². The summed E-state index contributed by atoms with van der Waals surface area (Å²) in [4.78, 5) is 2.58. The van der Waals surface area contributed by atoms with Gasteiger partial charge in [0.25, 0.3) is 0 Å². The van der Waals surface area contributed by atoms with Crippen LogP contribution in [0.2, 0.25) is 0 Å². The molecular weight excluding hydrogens is 220 g/mol. The summed E-state index contributed by atoms with van der Waals surface area (Å²) in [6, 6.07) is 0.765. The highest BCUT2D eigenvalue weighted by molar-refractivity contribution is 4.87. The van der Waals surface area contributed by atoms with Crippen LogP contribution in [0.1, 0.15) is 53.9 Å². The highest BCUT2D eigenvalue weighted by Gasteiger charge is 2.33. The van der Waals surface area contributed by atoms with Crippen molar-refractivity contribution in [2.75, 3.05) is 26.7 Å². The maximum Gasteiger partial charge on any atom is 0.00923 e. The van der Waals surface area contributed by atoms with Crippen molar-refractivity contribution in [1.82, 2.24) is 10.2 Å². The first-order chi connectivity index (χ1) is 8.38. The molecule has 0 amide bonds. The summed E-state index contributed by atoms with van der Waals surface area (Å²) in [7, 11) is 2.30. The smallest absolute Gasteiger partial charge is 0.00923 e. The van der Waals surface area contributed by atoms with E-state index in [9.17, 15) is 0 Å². The Labute approximate surface area is 115 Å². The Bertz CT molecular complexity index is 235. The third-order valence-electron chi connectivity index (χ3n) is 4.59. The molecule has 0 bridgehead atoms. The molecule has 1 N–H and O–H groups in total. The molecule has 108 valence electrons. The average Bonchev–Trinajstić information content (AvgIpc) is 3.11. The fraction of sp³-hybridized carbons (Fsp3) is 1.00. The summed E-state index contributed by atoms with van der Waals surface area (Å²) in [5, 5.41) is 3.64. The van der Waals surface area contributed by atoms with E-state index < -0.39 is 0 Å². The quantitative estimate of drug-likeness (QED) is 0.678. The number of hydrogen-bond donors (Lipinski definition) is 1. The molecule has 0 spiro atoms. The standard InChI is InChI=1S/C16H34N2/c1-7-16(5,11-17-10-13(2)3)12-18(6)14(4)15-8-9-15/h13-15,17H,7-12H2,1-6H3. The van der Waals surface area contributed by atoms with Gasteiger partial charge in [-0.3, -0.25) is 0 Å². The molecule has 18 heavy (non-hydrogen) atoms. The summed E-state index contributed by atoms with van der Waals surface area (Å²) in [5.41, 5.74) is 0.410. The highest BCUT2D eigenvalue weighted by Crippen LogP contribution is 2.35. The van der Waals surface area contributed by atoms with Crippen LogP contribution in [0.3, 0.4) is 0 Å². The lowest BCUT2D eigenvalue weighted by Crippen LogP contribution is -2.44. The zero-order valence-corrected chi connectivity index (χ0v) is 13.4. The Morgan fingerprint density at radius 2 is 1.89 bits per heavy atom. The van der Waals surface area contributed by atoms with Gasteiger partial charge < -0.3 is 10.2 Å². The van der Waals surface area contributed by atoms with Crippen molar-refractivity contribution in [1.29, 1.82) is 0 Å². The number of nitrogens with one attached hydrogen (secondary N) is 1. The molecule has 2 heteroatoms. The summed E-state index contributed by atoms with van der Waals surface area (Å²) in [5.74, 6) is 1.72. The molecular formula is C16H34N2. The van der Waals surface area contributed by atoms with Gasteiger partial charge in [0.15, 0.2) is 0 Å². The third kappa shape index (κ3) is 5.27. The Morgan fingerprint density at radius 3 is 2.33 bits per heavy atom. The predicted molar refractivity (Wildman–Crippen MR) is 80.9 cm³/mol. The van der Waals surface area contributed by atoms with Crippen molar-refractivity contribution in [2.45, 2.75) is 59.9 Å². The van der Waals surface area contributed by atoms with E-state index in [1.54, 1.807) is 0 Å². The molecule has 1 aliphatic carbocycles. The second-order valence-corrected chi connectivity index (χ2v) is 7.18. The monoisotopic (exact) mass is 254 g/mol. The van der Waals surface area contributed by atoms with Crippen LogP contribution in [0.4, 0.5) is 0 Å². The minimum absolute atomic E-state index is 0.410. The van der Waals surface area contributed by atoms with Gasteiger partial charge in [0, 0.05) is 19.1 Å². The van der Waals surface area contributed by atoms with Gasteiger partial charge in [0.2, 0.25) is 0 Å². The molecule has 0 radical (unpaired) electrons. The van der Waals surface area contributed by atoms with Crippen LogP contribution in [0, 0.1) is 17.3 Å². The topological polar surface area (TPSA) is 15.3 Å². The largest absolute Gasteiger partial charge is 0.316 e. The summed E-state index contributed by atoms with van der Waals surface area (Å²) < 4.78 is 0. The van der Waals surface area contributed by atoms with E-state index >= 15 is 0 Å². The van der Waals surface area contributed by atoms with Crippen molar-refractivity contribution in [2.24, 2.45) is 17.3 Å². The third-order valence-corrected chi connectivity index (χ3v) is 4.59. The van der Waals surface area contributed by atoms with Crippen LogP contribution in [0.5, 0.6) is 0 Å². The molecule has 0 aromatic heterocycles. The first-order valence-corrected chi connectivity index (χ1v) is 7.79.